The number of quaternary nitrogens is 1. The molecule has 0 radical (unpaired) electrons. The summed E-state index contributed by atoms with van der Waals surface area (Å²) >= 11 is 0. The van der Waals surface area contributed by atoms with E-state index in [1.54, 1.807) is 0 Å². The van der Waals surface area contributed by atoms with E-state index >= 15 is 0 Å². The molecule has 0 unspecified atom stereocenters. The maximum Gasteiger partial charge on any atom is 0.338 e. The number of carbonyl (C=O) groups is 2. The van der Waals surface area contributed by atoms with Gasteiger partial charge in [0, 0.05) is 6.42 Å². The van der Waals surface area contributed by atoms with Crippen molar-refractivity contribution in [3.05, 3.63) is 0 Å². The van der Waals surface area contributed by atoms with Gasteiger partial charge in [-0.3, -0.25) is 21.3 Å². The van der Waals surface area contributed by atoms with Crippen molar-refractivity contribution in [1.29, 1.82) is 0 Å². The summed E-state index contributed by atoms with van der Waals surface area (Å²) in [5.74, 6) is -1.38. The highest BCUT2D eigenvalue weighted by Crippen LogP contribution is 2.04. The number of nitrogens with one attached hydrogen (secondary N) is 2. The predicted molar refractivity (Wildman–Crippen MR) is 71.5 cm³/mol. The molecule has 0 aromatic rings. The number of carbonyl (C=O) groups excluding carboxylic acids is 2. The van der Waals surface area contributed by atoms with Gasteiger partial charge in [0.25, 0.3) is 5.91 Å². The number of hydrogen-bond donors (Lipinski definition) is 5. The second-order valence-corrected chi connectivity index (χ2v) is 5.23. The number of carboxylic acid groups (broad SMARTS) is 1. The second kappa shape index (κ2) is 9.13. The minimum Gasteiger partial charge on any atom is -0.548 e. The largest absolute Gasteiger partial charge is 0.548 e. The lowest BCUT2D eigenvalue weighted by atomic mass is 10.0. The minimum absolute atomic E-state index is 0.129. The molecule has 9 N–H and O–H groups in total. The molecule has 0 aliphatic heterocycles. The SMILES string of the molecule is CC(C)C[C@H](NC(=O)[C@@H]([NH3+])CCC[NH+]=C(N)N)C(=O)[O-]. The molecule has 116 valence electrons. The molecule has 0 fully saturated rings. The summed E-state index contributed by atoms with van der Waals surface area (Å²) in [5, 5.41) is 13.4. The van der Waals surface area contributed by atoms with Crippen molar-refractivity contribution < 1.29 is 25.4 Å². The molecule has 0 rings (SSSR count). The summed E-state index contributed by atoms with van der Waals surface area (Å²) in [4.78, 5) is 25.5. The van der Waals surface area contributed by atoms with Gasteiger partial charge in [0.1, 0.15) is 0 Å². The Bertz CT molecular complexity index is 353. The van der Waals surface area contributed by atoms with Crippen molar-refractivity contribution in [2.24, 2.45) is 17.4 Å². The number of aliphatic carboxylic acids is 1. The number of amides is 1. The smallest absolute Gasteiger partial charge is 0.338 e. The Morgan fingerprint density at radius 2 is 1.95 bits per heavy atom. The lowest BCUT2D eigenvalue weighted by Crippen LogP contribution is -2.78. The van der Waals surface area contributed by atoms with Crippen LogP contribution in [-0.2, 0) is 9.59 Å². The Balaban J connectivity index is 4.21. The Labute approximate surface area is 118 Å². The van der Waals surface area contributed by atoms with E-state index in [0.717, 1.165) is 0 Å². The summed E-state index contributed by atoms with van der Waals surface area (Å²) in [6, 6.07) is -1.50. The van der Waals surface area contributed by atoms with E-state index in [1.807, 2.05) is 13.8 Å². The van der Waals surface area contributed by atoms with E-state index in [1.165, 1.54) is 0 Å². The highest BCUT2D eigenvalue weighted by atomic mass is 16.4. The third-order valence-electron chi connectivity index (χ3n) is 2.74. The standard InChI is InChI=1S/C12H25N5O3/c1-7(2)6-9(11(19)20)17-10(18)8(13)4-3-5-16-12(14)15/h7-9H,3-6,13H2,1-2H3,(H,17,18)(H,19,20)(H4,14,15,16)/p+1/t8-,9-/m0/s1. The van der Waals surface area contributed by atoms with Crippen molar-refractivity contribution in [3.63, 3.8) is 0 Å². The lowest BCUT2D eigenvalue weighted by molar-refractivity contribution is -0.463. The molecule has 0 aromatic carbocycles. The molecule has 0 spiro atoms. The van der Waals surface area contributed by atoms with Gasteiger partial charge in [-0.25, -0.2) is 0 Å². The van der Waals surface area contributed by atoms with Crippen LogP contribution in [-0.4, -0.2) is 36.5 Å². The van der Waals surface area contributed by atoms with Crippen LogP contribution in [0.5, 0.6) is 0 Å². The molecule has 1 amide bonds. The van der Waals surface area contributed by atoms with Gasteiger partial charge >= 0.3 is 5.96 Å². The molecule has 8 heteroatoms. The zero-order valence-corrected chi connectivity index (χ0v) is 12.1. The van der Waals surface area contributed by atoms with E-state index in [-0.39, 0.29) is 17.8 Å². The van der Waals surface area contributed by atoms with Crippen LogP contribution in [0.3, 0.4) is 0 Å². The molecule has 0 saturated heterocycles. The normalized spacial score (nSPS) is 13.6. The minimum atomic E-state index is -1.27. The maximum atomic E-state index is 11.8. The second-order valence-electron chi connectivity index (χ2n) is 5.23. The summed E-state index contributed by atoms with van der Waals surface area (Å²) in [6.07, 6.45) is 1.49. The summed E-state index contributed by atoms with van der Waals surface area (Å²) in [5.41, 5.74) is 14.2. The van der Waals surface area contributed by atoms with Gasteiger partial charge < -0.3 is 21.0 Å². The number of hydrogen-bond acceptors (Lipinski definition) is 3. The first-order valence-electron chi connectivity index (χ1n) is 6.70. The number of rotatable bonds is 9. The first kappa shape index (κ1) is 18.2. The van der Waals surface area contributed by atoms with Crippen molar-refractivity contribution in [2.75, 3.05) is 6.54 Å². The van der Waals surface area contributed by atoms with Crippen LogP contribution < -0.4 is 32.6 Å². The van der Waals surface area contributed by atoms with Crippen LogP contribution in [0.4, 0.5) is 0 Å². The first-order valence-corrected chi connectivity index (χ1v) is 6.70. The maximum absolute atomic E-state index is 11.8. The number of guanidine groups is 1. The third kappa shape index (κ3) is 8.30. The molecule has 0 aliphatic carbocycles. The third-order valence-corrected chi connectivity index (χ3v) is 2.74. The molecule has 0 aromatic heterocycles. The number of carboxylic acids is 1. The van der Waals surface area contributed by atoms with E-state index in [0.29, 0.717) is 25.8 Å². The van der Waals surface area contributed by atoms with E-state index in [2.05, 4.69) is 16.0 Å². The molecule has 20 heavy (non-hydrogen) atoms. The Kier molecular flexibility index (Phi) is 8.30. The zero-order chi connectivity index (χ0) is 15.7. The van der Waals surface area contributed by atoms with Crippen LogP contribution in [0, 0.1) is 5.92 Å². The summed E-state index contributed by atoms with van der Waals surface area (Å²) in [6.45, 7) is 4.30. The zero-order valence-electron chi connectivity index (χ0n) is 12.1. The van der Waals surface area contributed by atoms with Gasteiger partial charge in [-0.1, -0.05) is 13.8 Å². The van der Waals surface area contributed by atoms with Crippen LogP contribution in [0.2, 0.25) is 0 Å². The first-order chi connectivity index (χ1) is 9.23. The van der Waals surface area contributed by atoms with Crippen LogP contribution >= 0.6 is 0 Å². The van der Waals surface area contributed by atoms with Gasteiger partial charge in [0.05, 0.1) is 18.6 Å². The molecular weight excluding hydrogens is 262 g/mol. The van der Waals surface area contributed by atoms with E-state index in [9.17, 15) is 14.7 Å². The Morgan fingerprint density at radius 1 is 1.35 bits per heavy atom. The summed E-state index contributed by atoms with van der Waals surface area (Å²) < 4.78 is 0. The van der Waals surface area contributed by atoms with E-state index < -0.39 is 18.1 Å². The quantitative estimate of drug-likeness (QED) is 0.163. The van der Waals surface area contributed by atoms with Gasteiger partial charge in [0.2, 0.25) is 0 Å². The van der Waals surface area contributed by atoms with Gasteiger partial charge in [-0.2, -0.15) is 0 Å². The van der Waals surface area contributed by atoms with Crippen molar-refractivity contribution >= 4 is 17.8 Å². The molecule has 0 bridgehead atoms. The average Bonchev–Trinajstić information content (AvgIpc) is 2.32. The topological polar surface area (TPSA) is 163 Å². The molecule has 0 saturated carbocycles. The van der Waals surface area contributed by atoms with Crippen LogP contribution in [0.1, 0.15) is 33.1 Å². The monoisotopic (exact) mass is 288 g/mol. The highest BCUT2D eigenvalue weighted by Gasteiger charge is 2.21. The fraction of sp³-hybridized carbons (Fsp3) is 0.750. The molecule has 8 nitrogen and oxygen atoms in total. The lowest BCUT2D eigenvalue weighted by Gasteiger charge is -2.22. The number of nitrogens with two attached hydrogens (primary N) is 2. The van der Waals surface area contributed by atoms with Crippen LogP contribution in [0.15, 0.2) is 0 Å². The Morgan fingerprint density at radius 3 is 2.40 bits per heavy atom. The van der Waals surface area contributed by atoms with Crippen LogP contribution in [0.25, 0.3) is 0 Å². The predicted octanol–water partition coefficient (Wildman–Crippen LogP) is -4.99. The van der Waals surface area contributed by atoms with Gasteiger partial charge in [-0.05, 0) is 18.8 Å². The van der Waals surface area contributed by atoms with Crippen molar-refractivity contribution in [2.45, 2.75) is 45.2 Å². The fourth-order valence-electron chi connectivity index (χ4n) is 1.69. The van der Waals surface area contributed by atoms with E-state index in [4.69, 9.17) is 11.5 Å². The van der Waals surface area contributed by atoms with Gasteiger partial charge in [0.15, 0.2) is 6.04 Å². The average molecular weight is 288 g/mol. The van der Waals surface area contributed by atoms with Crippen molar-refractivity contribution in [1.82, 2.24) is 5.32 Å². The molecule has 2 atom stereocenters. The fourth-order valence-corrected chi connectivity index (χ4v) is 1.69. The highest BCUT2D eigenvalue weighted by molar-refractivity contribution is 5.85. The molecule has 0 heterocycles. The Hall–Kier alpha value is -1.83. The van der Waals surface area contributed by atoms with Gasteiger partial charge in [-0.15, -0.1) is 0 Å². The van der Waals surface area contributed by atoms with Crippen molar-refractivity contribution in [3.8, 4) is 0 Å². The summed E-state index contributed by atoms with van der Waals surface area (Å²) in [7, 11) is 0. The molecular formula is C12H26N5O3+. The molecule has 0 aliphatic rings.